The highest BCUT2D eigenvalue weighted by atomic mass is 16.5. The van der Waals surface area contributed by atoms with E-state index in [-0.39, 0.29) is 18.6 Å². The van der Waals surface area contributed by atoms with Crippen molar-refractivity contribution in [3.8, 4) is 5.75 Å². The molecular formula is C14H22N2O2. The molecule has 0 saturated carbocycles. The van der Waals surface area contributed by atoms with Gasteiger partial charge >= 0.3 is 0 Å². The first-order chi connectivity index (χ1) is 8.49. The van der Waals surface area contributed by atoms with Gasteiger partial charge in [0, 0.05) is 12.6 Å². The molecule has 18 heavy (non-hydrogen) atoms. The maximum absolute atomic E-state index is 11.5. The van der Waals surface area contributed by atoms with Crippen molar-refractivity contribution in [3.63, 3.8) is 0 Å². The van der Waals surface area contributed by atoms with E-state index in [1.165, 1.54) is 0 Å². The molecule has 0 aliphatic carbocycles. The van der Waals surface area contributed by atoms with Gasteiger partial charge in [-0.25, -0.2) is 0 Å². The van der Waals surface area contributed by atoms with Crippen molar-refractivity contribution < 1.29 is 9.53 Å². The van der Waals surface area contributed by atoms with Crippen LogP contribution in [0.15, 0.2) is 18.2 Å². The topological polar surface area (TPSA) is 64.3 Å². The summed E-state index contributed by atoms with van der Waals surface area (Å²) in [5.74, 6) is 0.647. The van der Waals surface area contributed by atoms with Gasteiger partial charge < -0.3 is 15.8 Å². The van der Waals surface area contributed by atoms with Gasteiger partial charge in [0.05, 0.1) is 0 Å². The summed E-state index contributed by atoms with van der Waals surface area (Å²) < 4.78 is 5.49. The molecule has 1 rings (SSSR count). The van der Waals surface area contributed by atoms with E-state index in [1.807, 2.05) is 39.0 Å². The SMILES string of the molecule is Cc1ccc(C)c(OCC(=O)NCCC(C)N)c1. The van der Waals surface area contributed by atoms with Crippen molar-refractivity contribution in [2.45, 2.75) is 33.2 Å². The fourth-order valence-electron chi connectivity index (χ4n) is 1.50. The predicted molar refractivity (Wildman–Crippen MR) is 72.7 cm³/mol. The number of carbonyl (C=O) groups excluding carboxylic acids is 1. The number of benzene rings is 1. The van der Waals surface area contributed by atoms with Crippen molar-refractivity contribution in [3.05, 3.63) is 29.3 Å². The highest BCUT2D eigenvalue weighted by molar-refractivity contribution is 5.77. The number of rotatable bonds is 6. The summed E-state index contributed by atoms with van der Waals surface area (Å²) in [7, 11) is 0. The van der Waals surface area contributed by atoms with Crippen LogP contribution in [0, 0.1) is 13.8 Å². The standard InChI is InChI=1S/C14H22N2O2/c1-10-4-5-11(2)13(8-10)18-9-14(17)16-7-6-12(3)15/h4-5,8,12H,6-7,9,15H2,1-3H3,(H,16,17). The number of ether oxygens (including phenoxy) is 1. The second-order valence-corrected chi connectivity index (χ2v) is 4.67. The minimum atomic E-state index is -0.114. The van der Waals surface area contributed by atoms with Crippen molar-refractivity contribution in [2.75, 3.05) is 13.2 Å². The Morgan fingerprint density at radius 1 is 1.44 bits per heavy atom. The molecule has 1 aromatic rings. The maximum Gasteiger partial charge on any atom is 0.257 e. The molecule has 0 aromatic heterocycles. The van der Waals surface area contributed by atoms with Crippen LogP contribution in [0.5, 0.6) is 5.75 Å². The van der Waals surface area contributed by atoms with E-state index < -0.39 is 0 Å². The lowest BCUT2D eigenvalue weighted by Gasteiger charge is -2.11. The van der Waals surface area contributed by atoms with Crippen molar-refractivity contribution >= 4 is 5.91 Å². The van der Waals surface area contributed by atoms with Crippen molar-refractivity contribution in [1.82, 2.24) is 5.32 Å². The quantitative estimate of drug-likeness (QED) is 0.805. The Kier molecular flexibility index (Phi) is 5.65. The largest absolute Gasteiger partial charge is 0.483 e. The zero-order valence-corrected chi connectivity index (χ0v) is 11.3. The molecular weight excluding hydrogens is 228 g/mol. The number of carbonyl (C=O) groups is 1. The summed E-state index contributed by atoms with van der Waals surface area (Å²) in [6.07, 6.45) is 0.773. The highest BCUT2D eigenvalue weighted by Gasteiger charge is 2.05. The minimum Gasteiger partial charge on any atom is -0.483 e. The smallest absolute Gasteiger partial charge is 0.257 e. The zero-order valence-electron chi connectivity index (χ0n) is 11.3. The predicted octanol–water partition coefficient (Wildman–Crippen LogP) is 1.54. The lowest BCUT2D eigenvalue weighted by Crippen LogP contribution is -2.32. The van der Waals surface area contributed by atoms with E-state index in [9.17, 15) is 4.79 Å². The first-order valence-electron chi connectivity index (χ1n) is 6.21. The molecule has 0 heterocycles. The van der Waals surface area contributed by atoms with E-state index >= 15 is 0 Å². The second kappa shape index (κ2) is 7.01. The lowest BCUT2D eigenvalue weighted by molar-refractivity contribution is -0.123. The van der Waals surface area contributed by atoms with Crippen LogP contribution in [0.25, 0.3) is 0 Å². The first-order valence-corrected chi connectivity index (χ1v) is 6.21. The van der Waals surface area contributed by atoms with E-state index in [2.05, 4.69) is 5.32 Å². The van der Waals surface area contributed by atoms with Crippen LogP contribution >= 0.6 is 0 Å². The summed E-state index contributed by atoms with van der Waals surface area (Å²) >= 11 is 0. The molecule has 4 nitrogen and oxygen atoms in total. The van der Waals surface area contributed by atoms with Crippen LogP contribution in [0.4, 0.5) is 0 Å². The Morgan fingerprint density at radius 3 is 2.83 bits per heavy atom. The minimum absolute atomic E-state index is 0.0449. The second-order valence-electron chi connectivity index (χ2n) is 4.67. The molecule has 1 unspecified atom stereocenters. The summed E-state index contributed by atoms with van der Waals surface area (Å²) in [6.45, 7) is 6.51. The normalized spacial score (nSPS) is 12.0. The Hall–Kier alpha value is -1.55. The van der Waals surface area contributed by atoms with Gasteiger partial charge in [-0.3, -0.25) is 4.79 Å². The van der Waals surface area contributed by atoms with Crippen molar-refractivity contribution in [1.29, 1.82) is 0 Å². The van der Waals surface area contributed by atoms with Gasteiger partial charge in [0.2, 0.25) is 0 Å². The van der Waals surface area contributed by atoms with E-state index in [0.717, 1.165) is 23.3 Å². The molecule has 100 valence electrons. The number of hydrogen-bond acceptors (Lipinski definition) is 3. The third kappa shape index (κ3) is 5.19. The summed E-state index contributed by atoms with van der Waals surface area (Å²) in [4.78, 5) is 11.5. The van der Waals surface area contributed by atoms with Gasteiger partial charge in [0.1, 0.15) is 5.75 Å². The molecule has 0 fully saturated rings. The fraction of sp³-hybridized carbons (Fsp3) is 0.500. The molecule has 1 aromatic carbocycles. The number of nitrogens with one attached hydrogen (secondary N) is 1. The third-order valence-corrected chi connectivity index (χ3v) is 2.62. The summed E-state index contributed by atoms with van der Waals surface area (Å²) in [5.41, 5.74) is 7.75. The number of hydrogen-bond donors (Lipinski definition) is 2. The average molecular weight is 250 g/mol. The van der Waals surface area contributed by atoms with Crippen LogP contribution in [-0.4, -0.2) is 25.1 Å². The van der Waals surface area contributed by atoms with Crippen LogP contribution in [0.2, 0.25) is 0 Å². The summed E-state index contributed by atoms with van der Waals surface area (Å²) in [5, 5.41) is 2.77. The third-order valence-electron chi connectivity index (χ3n) is 2.62. The van der Waals surface area contributed by atoms with Gasteiger partial charge in [0.25, 0.3) is 5.91 Å². The van der Waals surface area contributed by atoms with Crippen LogP contribution in [0.1, 0.15) is 24.5 Å². The monoisotopic (exact) mass is 250 g/mol. The molecule has 0 spiro atoms. The van der Waals surface area contributed by atoms with Crippen LogP contribution in [-0.2, 0) is 4.79 Å². The number of amides is 1. The molecule has 0 aliphatic heterocycles. The average Bonchev–Trinajstić information content (AvgIpc) is 2.30. The Balaban J connectivity index is 2.36. The molecule has 0 saturated heterocycles. The van der Waals surface area contributed by atoms with Crippen LogP contribution in [0.3, 0.4) is 0 Å². The maximum atomic E-state index is 11.5. The zero-order chi connectivity index (χ0) is 13.5. The van der Waals surface area contributed by atoms with E-state index in [1.54, 1.807) is 0 Å². The van der Waals surface area contributed by atoms with Gasteiger partial charge in [-0.05, 0) is 44.4 Å². The summed E-state index contributed by atoms with van der Waals surface area (Å²) in [6, 6.07) is 6.04. The lowest BCUT2D eigenvalue weighted by atomic mass is 10.1. The fourth-order valence-corrected chi connectivity index (χ4v) is 1.50. The molecule has 1 atom stereocenters. The molecule has 4 heteroatoms. The molecule has 0 aliphatic rings. The number of aryl methyl sites for hydroxylation is 2. The highest BCUT2D eigenvalue weighted by Crippen LogP contribution is 2.18. The Labute approximate surface area is 109 Å². The van der Waals surface area contributed by atoms with E-state index in [4.69, 9.17) is 10.5 Å². The van der Waals surface area contributed by atoms with Gasteiger partial charge in [-0.15, -0.1) is 0 Å². The first kappa shape index (κ1) is 14.5. The molecule has 0 radical (unpaired) electrons. The van der Waals surface area contributed by atoms with Crippen LogP contribution < -0.4 is 15.8 Å². The van der Waals surface area contributed by atoms with E-state index in [0.29, 0.717) is 6.54 Å². The Bertz CT molecular complexity index is 403. The molecule has 3 N–H and O–H groups in total. The van der Waals surface area contributed by atoms with Gasteiger partial charge in [-0.1, -0.05) is 12.1 Å². The van der Waals surface area contributed by atoms with Gasteiger partial charge in [0.15, 0.2) is 6.61 Å². The Morgan fingerprint density at radius 2 is 2.17 bits per heavy atom. The number of nitrogens with two attached hydrogens (primary N) is 1. The molecule has 0 bridgehead atoms. The van der Waals surface area contributed by atoms with Gasteiger partial charge in [-0.2, -0.15) is 0 Å². The molecule has 1 amide bonds. The van der Waals surface area contributed by atoms with Crippen molar-refractivity contribution in [2.24, 2.45) is 5.73 Å².